The van der Waals surface area contributed by atoms with Crippen LogP contribution in [-0.2, 0) is 13.2 Å². The Bertz CT molecular complexity index is 1090. The van der Waals surface area contributed by atoms with E-state index in [0.717, 1.165) is 33.1 Å². The number of ether oxygens (including phenoxy) is 1. The van der Waals surface area contributed by atoms with Gasteiger partial charge in [0.2, 0.25) is 0 Å². The van der Waals surface area contributed by atoms with Gasteiger partial charge in [-0.2, -0.15) is 0 Å². The minimum Gasteiger partial charge on any atom is -0.489 e. The molecule has 3 heteroatoms. The highest BCUT2D eigenvalue weighted by molar-refractivity contribution is 6.31. The van der Waals surface area contributed by atoms with Crippen molar-refractivity contribution >= 4 is 28.1 Å². The second-order valence-corrected chi connectivity index (χ2v) is 7.21. The number of nitrogens with one attached hydrogen (secondary N) is 1. The van der Waals surface area contributed by atoms with Gasteiger partial charge in [0.15, 0.2) is 0 Å². The van der Waals surface area contributed by atoms with Crippen molar-refractivity contribution in [3.05, 3.63) is 107 Å². The Morgan fingerprint density at radius 3 is 2.46 bits per heavy atom. The summed E-state index contributed by atoms with van der Waals surface area (Å²) in [6, 6.07) is 28.7. The summed E-state index contributed by atoms with van der Waals surface area (Å²) in [5, 5.41) is 6.70. The fourth-order valence-corrected chi connectivity index (χ4v) is 3.53. The van der Waals surface area contributed by atoms with Crippen LogP contribution in [0.5, 0.6) is 5.75 Å². The molecule has 4 aromatic rings. The molecule has 0 amide bonds. The Morgan fingerprint density at radius 2 is 1.61 bits per heavy atom. The summed E-state index contributed by atoms with van der Waals surface area (Å²) in [5.74, 6) is 0.898. The summed E-state index contributed by atoms with van der Waals surface area (Å²) in [6.07, 6.45) is 0. The second-order valence-electron chi connectivity index (χ2n) is 6.80. The Labute approximate surface area is 170 Å². The molecule has 0 spiro atoms. The van der Waals surface area contributed by atoms with E-state index < -0.39 is 0 Å². The van der Waals surface area contributed by atoms with Gasteiger partial charge < -0.3 is 10.1 Å². The number of fused-ring (bicyclic) bond motifs is 1. The van der Waals surface area contributed by atoms with Gasteiger partial charge in [-0.15, -0.1) is 0 Å². The van der Waals surface area contributed by atoms with Crippen LogP contribution in [0.4, 0.5) is 5.69 Å². The first-order valence-corrected chi connectivity index (χ1v) is 9.76. The van der Waals surface area contributed by atoms with Gasteiger partial charge >= 0.3 is 0 Å². The molecule has 140 valence electrons. The van der Waals surface area contributed by atoms with Crippen molar-refractivity contribution in [2.24, 2.45) is 0 Å². The molecule has 2 nitrogen and oxygen atoms in total. The van der Waals surface area contributed by atoms with Crippen LogP contribution in [0, 0.1) is 6.92 Å². The standard InChI is InChI=1S/C25H22ClNO/c1-18-23(26)12-7-13-24(18)27-16-22-21-11-6-5-10-20(21)14-15-25(22)28-17-19-8-3-2-4-9-19/h2-15,27H,16-17H2,1H3. The lowest BCUT2D eigenvalue weighted by atomic mass is 10.0. The van der Waals surface area contributed by atoms with Gasteiger partial charge in [0.1, 0.15) is 12.4 Å². The van der Waals surface area contributed by atoms with Crippen LogP contribution in [0.25, 0.3) is 10.8 Å². The Kier molecular flexibility index (Phi) is 5.50. The van der Waals surface area contributed by atoms with Crippen LogP contribution >= 0.6 is 11.6 Å². The lowest BCUT2D eigenvalue weighted by molar-refractivity contribution is 0.304. The molecule has 4 aromatic carbocycles. The molecule has 4 rings (SSSR count). The number of anilines is 1. The maximum absolute atomic E-state index is 6.27. The van der Waals surface area contributed by atoms with Crippen molar-refractivity contribution < 1.29 is 4.74 Å². The van der Waals surface area contributed by atoms with E-state index >= 15 is 0 Å². The SMILES string of the molecule is Cc1c(Cl)cccc1NCc1c(OCc2ccccc2)ccc2ccccc12. The van der Waals surface area contributed by atoms with Gasteiger partial charge in [-0.1, -0.05) is 78.3 Å². The van der Waals surface area contributed by atoms with Crippen molar-refractivity contribution in [3.63, 3.8) is 0 Å². The first-order chi connectivity index (χ1) is 13.7. The fourth-order valence-electron chi connectivity index (χ4n) is 3.35. The summed E-state index contributed by atoms with van der Waals surface area (Å²) in [5.41, 5.74) is 4.39. The summed E-state index contributed by atoms with van der Waals surface area (Å²) < 4.78 is 6.21. The normalized spacial score (nSPS) is 10.8. The molecule has 0 aliphatic carbocycles. The van der Waals surface area contributed by atoms with Gasteiger partial charge in [-0.3, -0.25) is 0 Å². The largest absolute Gasteiger partial charge is 0.489 e. The highest BCUT2D eigenvalue weighted by Gasteiger charge is 2.10. The summed E-state index contributed by atoms with van der Waals surface area (Å²) >= 11 is 6.27. The van der Waals surface area contributed by atoms with E-state index in [9.17, 15) is 0 Å². The van der Waals surface area contributed by atoms with Crippen molar-refractivity contribution in [2.45, 2.75) is 20.1 Å². The highest BCUT2D eigenvalue weighted by atomic mass is 35.5. The van der Waals surface area contributed by atoms with E-state index in [1.165, 1.54) is 10.8 Å². The molecular formula is C25H22ClNO. The van der Waals surface area contributed by atoms with Crippen molar-refractivity contribution in [3.8, 4) is 5.75 Å². The lowest BCUT2D eigenvalue weighted by Gasteiger charge is -2.17. The zero-order chi connectivity index (χ0) is 19.3. The quantitative estimate of drug-likeness (QED) is 0.384. The molecule has 0 aromatic heterocycles. The molecule has 0 unspecified atom stereocenters. The number of rotatable bonds is 6. The van der Waals surface area contributed by atoms with E-state index in [4.69, 9.17) is 16.3 Å². The lowest BCUT2D eigenvalue weighted by Crippen LogP contribution is -2.05. The number of hydrogen-bond donors (Lipinski definition) is 1. The molecule has 1 N–H and O–H groups in total. The fraction of sp³-hybridized carbons (Fsp3) is 0.120. The molecule has 28 heavy (non-hydrogen) atoms. The highest BCUT2D eigenvalue weighted by Crippen LogP contribution is 2.31. The van der Waals surface area contributed by atoms with Gasteiger partial charge in [0.25, 0.3) is 0 Å². The topological polar surface area (TPSA) is 21.3 Å². The van der Waals surface area contributed by atoms with E-state index in [1.54, 1.807) is 0 Å². The predicted octanol–water partition coefficient (Wildman–Crippen LogP) is 6.99. The van der Waals surface area contributed by atoms with Crippen LogP contribution in [0.15, 0.2) is 84.9 Å². The molecule has 0 fully saturated rings. The average molecular weight is 388 g/mol. The van der Waals surface area contributed by atoms with Gasteiger partial charge in [0, 0.05) is 22.8 Å². The predicted molar refractivity (Wildman–Crippen MR) is 118 cm³/mol. The molecule has 0 aliphatic heterocycles. The Hall–Kier alpha value is -2.97. The van der Waals surface area contributed by atoms with Crippen molar-refractivity contribution in [1.82, 2.24) is 0 Å². The van der Waals surface area contributed by atoms with Crippen LogP contribution in [-0.4, -0.2) is 0 Å². The molecule has 0 saturated heterocycles. The monoisotopic (exact) mass is 387 g/mol. The van der Waals surface area contributed by atoms with Crippen molar-refractivity contribution in [1.29, 1.82) is 0 Å². The zero-order valence-electron chi connectivity index (χ0n) is 15.8. The summed E-state index contributed by atoms with van der Waals surface area (Å²) in [6.45, 7) is 3.23. The first-order valence-electron chi connectivity index (χ1n) is 9.39. The minimum atomic E-state index is 0.544. The van der Waals surface area contributed by atoms with E-state index in [1.807, 2.05) is 37.3 Å². The number of hydrogen-bond acceptors (Lipinski definition) is 2. The molecule has 0 saturated carbocycles. The third kappa shape index (κ3) is 3.97. The van der Waals surface area contributed by atoms with Crippen LogP contribution < -0.4 is 10.1 Å². The van der Waals surface area contributed by atoms with Crippen molar-refractivity contribution in [2.75, 3.05) is 5.32 Å². The maximum atomic E-state index is 6.27. The first kappa shape index (κ1) is 18.4. The molecule has 0 bridgehead atoms. The zero-order valence-corrected chi connectivity index (χ0v) is 16.5. The van der Waals surface area contributed by atoms with Crippen LogP contribution in [0.3, 0.4) is 0 Å². The molecular weight excluding hydrogens is 366 g/mol. The average Bonchev–Trinajstić information content (AvgIpc) is 2.74. The molecule has 0 radical (unpaired) electrons. The Balaban J connectivity index is 1.64. The molecule has 0 atom stereocenters. The molecule has 0 heterocycles. The van der Waals surface area contributed by atoms with Gasteiger partial charge in [-0.25, -0.2) is 0 Å². The summed E-state index contributed by atoms with van der Waals surface area (Å²) in [4.78, 5) is 0. The van der Waals surface area contributed by atoms with E-state index in [0.29, 0.717) is 13.2 Å². The summed E-state index contributed by atoms with van der Waals surface area (Å²) in [7, 11) is 0. The smallest absolute Gasteiger partial charge is 0.125 e. The van der Waals surface area contributed by atoms with Gasteiger partial charge in [-0.05, 0) is 47.0 Å². The van der Waals surface area contributed by atoms with Gasteiger partial charge in [0.05, 0.1) is 0 Å². The minimum absolute atomic E-state index is 0.544. The third-order valence-electron chi connectivity index (χ3n) is 4.96. The van der Waals surface area contributed by atoms with Crippen LogP contribution in [0.2, 0.25) is 5.02 Å². The van der Waals surface area contributed by atoms with E-state index in [-0.39, 0.29) is 0 Å². The van der Waals surface area contributed by atoms with E-state index in [2.05, 4.69) is 59.9 Å². The van der Waals surface area contributed by atoms with Crippen LogP contribution in [0.1, 0.15) is 16.7 Å². The second kappa shape index (κ2) is 8.37. The maximum Gasteiger partial charge on any atom is 0.125 e. The number of halogens is 1. The third-order valence-corrected chi connectivity index (χ3v) is 5.37. The Morgan fingerprint density at radius 1 is 0.821 bits per heavy atom. The molecule has 0 aliphatic rings. The number of benzene rings is 4.